The Kier molecular flexibility index (Phi) is 9.87. The molecule has 0 saturated carbocycles. The van der Waals surface area contributed by atoms with Gasteiger partial charge < -0.3 is 14.6 Å². The number of rotatable bonds is 9. The van der Waals surface area contributed by atoms with E-state index in [0.29, 0.717) is 6.61 Å². The van der Waals surface area contributed by atoms with Crippen LogP contribution in [-0.2, 0) is 9.47 Å². The monoisotopic (exact) mass is 190 g/mol. The van der Waals surface area contributed by atoms with Crippen molar-refractivity contribution in [3.63, 3.8) is 0 Å². The Balaban J connectivity index is 2.97. The van der Waals surface area contributed by atoms with Gasteiger partial charge in [-0.25, -0.2) is 0 Å². The molecular formula is C10H22O3. The average molecular weight is 190 g/mol. The van der Waals surface area contributed by atoms with E-state index < -0.39 is 0 Å². The molecule has 0 radical (unpaired) electrons. The number of aliphatic hydroxyl groups is 1. The van der Waals surface area contributed by atoms with E-state index in [4.69, 9.17) is 9.47 Å². The van der Waals surface area contributed by atoms with Gasteiger partial charge in [0.2, 0.25) is 0 Å². The molecule has 0 aromatic carbocycles. The summed E-state index contributed by atoms with van der Waals surface area (Å²) in [6, 6.07) is 0. The summed E-state index contributed by atoms with van der Waals surface area (Å²) in [7, 11) is 1.60. The molecule has 3 heteroatoms. The maximum Gasteiger partial charge on any atom is 0.0774 e. The minimum absolute atomic E-state index is 0.334. The molecule has 0 aromatic heterocycles. The van der Waals surface area contributed by atoms with Gasteiger partial charge in [0, 0.05) is 20.3 Å². The van der Waals surface area contributed by atoms with Crippen LogP contribution in [0.15, 0.2) is 0 Å². The third-order valence-corrected chi connectivity index (χ3v) is 1.83. The van der Waals surface area contributed by atoms with Crippen molar-refractivity contribution in [3.8, 4) is 0 Å². The number of aliphatic hydroxyl groups excluding tert-OH is 1. The molecule has 0 rings (SSSR count). The van der Waals surface area contributed by atoms with Gasteiger partial charge in [-0.1, -0.05) is 13.3 Å². The first-order valence-corrected chi connectivity index (χ1v) is 5.06. The molecule has 1 atom stereocenters. The molecule has 0 amide bonds. The molecule has 1 unspecified atom stereocenters. The molecule has 0 aromatic rings. The Hall–Kier alpha value is -0.120. The van der Waals surface area contributed by atoms with E-state index in [9.17, 15) is 5.11 Å². The number of hydrogen-bond donors (Lipinski definition) is 1. The van der Waals surface area contributed by atoms with E-state index in [1.54, 1.807) is 7.11 Å². The van der Waals surface area contributed by atoms with Crippen molar-refractivity contribution in [2.24, 2.45) is 0 Å². The third kappa shape index (κ3) is 9.80. The van der Waals surface area contributed by atoms with Gasteiger partial charge in [0.15, 0.2) is 0 Å². The van der Waals surface area contributed by atoms with Crippen LogP contribution in [0.3, 0.4) is 0 Å². The second-order valence-corrected chi connectivity index (χ2v) is 3.22. The van der Waals surface area contributed by atoms with Gasteiger partial charge in [-0.3, -0.25) is 0 Å². The van der Waals surface area contributed by atoms with Gasteiger partial charge in [0.05, 0.1) is 12.7 Å². The summed E-state index contributed by atoms with van der Waals surface area (Å²) in [5.41, 5.74) is 0. The number of unbranched alkanes of at least 4 members (excludes halogenated alkanes) is 1. The Bertz CT molecular complexity index is 96.2. The lowest BCUT2D eigenvalue weighted by Crippen LogP contribution is -2.14. The summed E-state index contributed by atoms with van der Waals surface area (Å²) in [6.07, 6.45) is 3.64. The molecule has 0 aliphatic heterocycles. The van der Waals surface area contributed by atoms with Crippen molar-refractivity contribution in [1.82, 2.24) is 0 Å². The first kappa shape index (κ1) is 12.9. The van der Waals surface area contributed by atoms with Gasteiger partial charge in [0.25, 0.3) is 0 Å². The lowest BCUT2D eigenvalue weighted by Gasteiger charge is -2.08. The minimum atomic E-state index is -0.334. The van der Waals surface area contributed by atoms with Crippen LogP contribution < -0.4 is 0 Å². The highest BCUT2D eigenvalue weighted by Crippen LogP contribution is 1.98. The fourth-order valence-electron chi connectivity index (χ4n) is 1.05. The maximum absolute atomic E-state index is 9.27. The van der Waals surface area contributed by atoms with Crippen LogP contribution in [0.1, 0.15) is 32.6 Å². The van der Waals surface area contributed by atoms with Crippen LogP contribution in [0, 0.1) is 0 Å². The fraction of sp³-hybridized carbons (Fsp3) is 1.00. The topological polar surface area (TPSA) is 38.7 Å². The van der Waals surface area contributed by atoms with Crippen molar-refractivity contribution in [3.05, 3.63) is 0 Å². The molecular weight excluding hydrogens is 168 g/mol. The summed E-state index contributed by atoms with van der Waals surface area (Å²) in [5, 5.41) is 9.27. The quantitative estimate of drug-likeness (QED) is 0.561. The zero-order chi connectivity index (χ0) is 9.94. The van der Waals surface area contributed by atoms with Crippen molar-refractivity contribution < 1.29 is 14.6 Å². The van der Waals surface area contributed by atoms with Crippen LogP contribution in [0.25, 0.3) is 0 Å². The molecule has 0 bridgehead atoms. The highest BCUT2D eigenvalue weighted by molar-refractivity contribution is 4.52. The maximum atomic E-state index is 9.27. The van der Waals surface area contributed by atoms with Crippen LogP contribution in [0.5, 0.6) is 0 Å². The third-order valence-electron chi connectivity index (χ3n) is 1.83. The lowest BCUT2D eigenvalue weighted by atomic mass is 10.2. The molecule has 13 heavy (non-hydrogen) atoms. The van der Waals surface area contributed by atoms with Crippen molar-refractivity contribution in [1.29, 1.82) is 0 Å². The minimum Gasteiger partial charge on any atom is -0.391 e. The highest BCUT2D eigenvalue weighted by Gasteiger charge is 2.01. The fourth-order valence-corrected chi connectivity index (χ4v) is 1.05. The first-order chi connectivity index (χ1) is 6.31. The van der Waals surface area contributed by atoms with Gasteiger partial charge in [-0.05, 0) is 19.3 Å². The van der Waals surface area contributed by atoms with Gasteiger partial charge in [-0.15, -0.1) is 0 Å². The summed E-state index contributed by atoms with van der Waals surface area (Å²) in [5.74, 6) is 0. The molecule has 1 N–H and O–H groups in total. The van der Waals surface area contributed by atoms with E-state index in [2.05, 4.69) is 6.92 Å². The van der Waals surface area contributed by atoms with Crippen molar-refractivity contribution in [2.45, 2.75) is 38.7 Å². The zero-order valence-electron chi connectivity index (χ0n) is 8.79. The number of ether oxygens (including phenoxy) is 2. The summed E-state index contributed by atoms with van der Waals surface area (Å²) in [4.78, 5) is 0. The SMILES string of the molecule is CCCCOCCCC(O)COC. The van der Waals surface area contributed by atoms with Crippen LogP contribution in [0.2, 0.25) is 0 Å². The molecule has 0 fully saturated rings. The molecule has 0 saturated heterocycles. The Morgan fingerprint density at radius 1 is 1.23 bits per heavy atom. The molecule has 0 aliphatic carbocycles. The predicted molar refractivity (Wildman–Crippen MR) is 52.8 cm³/mol. The highest BCUT2D eigenvalue weighted by atomic mass is 16.5. The molecule has 80 valence electrons. The summed E-state index contributed by atoms with van der Waals surface area (Å²) >= 11 is 0. The predicted octanol–water partition coefficient (Wildman–Crippen LogP) is 1.59. The first-order valence-electron chi connectivity index (χ1n) is 5.06. The van der Waals surface area contributed by atoms with E-state index in [1.165, 1.54) is 6.42 Å². The van der Waals surface area contributed by atoms with Crippen molar-refractivity contribution >= 4 is 0 Å². The van der Waals surface area contributed by atoms with E-state index in [1.807, 2.05) is 0 Å². The average Bonchev–Trinajstić information content (AvgIpc) is 2.11. The second-order valence-electron chi connectivity index (χ2n) is 3.22. The normalized spacial score (nSPS) is 13.2. The van der Waals surface area contributed by atoms with Gasteiger partial charge in [-0.2, -0.15) is 0 Å². The summed E-state index contributed by atoms with van der Waals surface area (Å²) < 4.78 is 10.2. The second kappa shape index (κ2) is 9.96. The zero-order valence-corrected chi connectivity index (χ0v) is 8.79. The van der Waals surface area contributed by atoms with Crippen LogP contribution in [0.4, 0.5) is 0 Å². The van der Waals surface area contributed by atoms with E-state index in [-0.39, 0.29) is 6.10 Å². The van der Waals surface area contributed by atoms with E-state index in [0.717, 1.165) is 32.5 Å². The standard InChI is InChI=1S/C10H22O3/c1-3-4-7-13-8-5-6-10(11)9-12-2/h10-11H,3-9H2,1-2H3. The van der Waals surface area contributed by atoms with Gasteiger partial charge in [0.1, 0.15) is 0 Å². The smallest absolute Gasteiger partial charge is 0.0774 e. The van der Waals surface area contributed by atoms with Gasteiger partial charge >= 0.3 is 0 Å². The Morgan fingerprint density at radius 2 is 1.92 bits per heavy atom. The molecule has 0 aliphatic rings. The largest absolute Gasteiger partial charge is 0.391 e. The van der Waals surface area contributed by atoms with Crippen LogP contribution >= 0.6 is 0 Å². The molecule has 3 nitrogen and oxygen atoms in total. The number of hydrogen-bond acceptors (Lipinski definition) is 3. The Labute approximate surface area is 81.0 Å². The van der Waals surface area contributed by atoms with Crippen molar-refractivity contribution in [2.75, 3.05) is 26.9 Å². The lowest BCUT2D eigenvalue weighted by molar-refractivity contribution is 0.0482. The van der Waals surface area contributed by atoms with E-state index >= 15 is 0 Å². The Morgan fingerprint density at radius 3 is 2.54 bits per heavy atom. The molecule has 0 heterocycles. The molecule has 0 spiro atoms. The van der Waals surface area contributed by atoms with Crippen LogP contribution in [-0.4, -0.2) is 38.1 Å². The summed E-state index contributed by atoms with van der Waals surface area (Å²) in [6.45, 7) is 4.16. The number of methoxy groups -OCH3 is 1.